The maximum atomic E-state index is 11.2. The van der Waals surface area contributed by atoms with E-state index in [0.717, 1.165) is 38.4 Å². The van der Waals surface area contributed by atoms with E-state index in [4.69, 9.17) is 0 Å². The molecule has 3 aliphatic rings. The minimum atomic E-state index is -0.510. The van der Waals surface area contributed by atoms with Crippen molar-refractivity contribution in [2.45, 2.75) is 65.4 Å². The maximum absolute atomic E-state index is 11.2. The van der Waals surface area contributed by atoms with E-state index in [9.17, 15) is 15.2 Å². The van der Waals surface area contributed by atoms with Crippen LogP contribution in [0.5, 0.6) is 0 Å². The van der Waals surface area contributed by atoms with E-state index >= 15 is 0 Å². The molecule has 0 amide bonds. The predicted molar refractivity (Wildman–Crippen MR) is 89.4 cm³/mol. The number of allylic oxidation sites excluding steroid dienone is 3. The van der Waals surface area contributed by atoms with Gasteiger partial charge in [-0.3, -0.25) is 4.79 Å². The van der Waals surface area contributed by atoms with Crippen molar-refractivity contribution in [3.63, 3.8) is 0 Å². The first-order valence-corrected chi connectivity index (χ1v) is 8.85. The third-order valence-electron chi connectivity index (χ3n) is 6.79. The molecule has 3 aliphatic carbocycles. The van der Waals surface area contributed by atoms with E-state index in [2.05, 4.69) is 26.8 Å². The number of nitriles is 1. The zero-order valence-corrected chi connectivity index (χ0v) is 14.4. The molecule has 1 N–H and O–H groups in total. The van der Waals surface area contributed by atoms with Crippen LogP contribution in [0.15, 0.2) is 22.8 Å². The van der Waals surface area contributed by atoms with Crippen molar-refractivity contribution in [3.8, 4) is 6.07 Å². The van der Waals surface area contributed by atoms with Gasteiger partial charge in [0.25, 0.3) is 0 Å². The van der Waals surface area contributed by atoms with Crippen molar-refractivity contribution >= 4 is 6.29 Å². The van der Waals surface area contributed by atoms with Crippen molar-refractivity contribution in [2.24, 2.45) is 22.7 Å². The second kappa shape index (κ2) is 5.60. The number of nitrogens with zero attached hydrogens (tertiary/aromatic N) is 1. The summed E-state index contributed by atoms with van der Waals surface area (Å²) in [6.45, 7) is 6.58. The van der Waals surface area contributed by atoms with Gasteiger partial charge in [0.2, 0.25) is 0 Å². The molecule has 1 saturated carbocycles. The van der Waals surface area contributed by atoms with Crippen molar-refractivity contribution in [1.82, 2.24) is 0 Å². The quantitative estimate of drug-likeness (QED) is 0.620. The molecule has 0 aliphatic heterocycles. The van der Waals surface area contributed by atoms with E-state index in [-0.39, 0.29) is 16.7 Å². The first-order valence-electron chi connectivity index (χ1n) is 8.85. The largest absolute Gasteiger partial charge is 0.392 e. The monoisotopic (exact) mass is 313 g/mol. The van der Waals surface area contributed by atoms with Crippen LogP contribution in [0.1, 0.15) is 59.3 Å². The molecule has 4 atom stereocenters. The molecule has 1 unspecified atom stereocenters. The van der Waals surface area contributed by atoms with Crippen molar-refractivity contribution in [3.05, 3.63) is 22.8 Å². The van der Waals surface area contributed by atoms with Crippen LogP contribution in [0.25, 0.3) is 0 Å². The Morgan fingerprint density at radius 3 is 2.74 bits per heavy atom. The van der Waals surface area contributed by atoms with Gasteiger partial charge in [-0.15, -0.1) is 0 Å². The molecule has 0 saturated heterocycles. The van der Waals surface area contributed by atoms with Crippen LogP contribution in [-0.4, -0.2) is 17.5 Å². The highest BCUT2D eigenvalue weighted by Gasteiger charge is 2.56. The molecule has 0 aromatic carbocycles. The number of carbonyl (C=O) groups excluding carboxylic acids is 1. The lowest BCUT2D eigenvalue weighted by atomic mass is 9.54. The molecule has 3 nitrogen and oxygen atoms in total. The number of aldehydes is 1. The molecule has 23 heavy (non-hydrogen) atoms. The van der Waals surface area contributed by atoms with Crippen LogP contribution < -0.4 is 0 Å². The Morgan fingerprint density at radius 1 is 1.39 bits per heavy atom. The molecule has 3 rings (SSSR count). The summed E-state index contributed by atoms with van der Waals surface area (Å²) >= 11 is 0. The van der Waals surface area contributed by atoms with E-state index in [1.54, 1.807) is 0 Å². The van der Waals surface area contributed by atoms with Crippen LogP contribution in [0.4, 0.5) is 0 Å². The second-order valence-electron chi connectivity index (χ2n) is 8.20. The molecule has 0 spiro atoms. The fourth-order valence-electron chi connectivity index (χ4n) is 5.19. The minimum Gasteiger partial charge on any atom is -0.392 e. The molecular formula is C20H27NO2. The smallest absolute Gasteiger partial charge is 0.145 e. The lowest BCUT2D eigenvalue weighted by molar-refractivity contribution is -0.105. The molecule has 0 aromatic heterocycles. The Kier molecular flexibility index (Phi) is 4.01. The second-order valence-corrected chi connectivity index (χ2v) is 8.20. The molecule has 0 radical (unpaired) electrons. The molecule has 124 valence electrons. The number of aliphatic hydroxyl groups excluding tert-OH is 1. The van der Waals surface area contributed by atoms with Gasteiger partial charge in [-0.1, -0.05) is 32.4 Å². The summed E-state index contributed by atoms with van der Waals surface area (Å²) in [6.07, 6.45) is 7.24. The average Bonchev–Trinajstić information content (AvgIpc) is 2.87. The topological polar surface area (TPSA) is 61.1 Å². The Morgan fingerprint density at radius 2 is 2.13 bits per heavy atom. The molecule has 0 aromatic rings. The summed E-state index contributed by atoms with van der Waals surface area (Å²) in [6, 6.07) is 2.65. The normalized spacial score (nSPS) is 40.1. The number of hydrogen-bond acceptors (Lipinski definition) is 3. The SMILES string of the molecule is CC(C)C1=C2[C@@H]3CC=C(C=O)CC(O)[C@@]3(C)CC[C@]2(C#N)CC1. The third kappa shape index (κ3) is 2.31. The van der Waals surface area contributed by atoms with Crippen LogP contribution in [0, 0.1) is 34.0 Å². The van der Waals surface area contributed by atoms with Gasteiger partial charge in [0, 0.05) is 11.8 Å². The number of hydrogen-bond donors (Lipinski definition) is 1. The molecule has 3 heteroatoms. The summed E-state index contributed by atoms with van der Waals surface area (Å²) in [7, 11) is 0. The number of carbonyl (C=O) groups is 1. The number of aliphatic hydroxyl groups is 1. The van der Waals surface area contributed by atoms with Gasteiger partial charge < -0.3 is 5.11 Å². The van der Waals surface area contributed by atoms with E-state index in [1.165, 1.54) is 11.1 Å². The average molecular weight is 313 g/mol. The Labute approximate surface area is 139 Å². The van der Waals surface area contributed by atoms with Crippen molar-refractivity contribution in [1.29, 1.82) is 5.26 Å². The first kappa shape index (κ1) is 16.5. The van der Waals surface area contributed by atoms with Crippen LogP contribution in [0.3, 0.4) is 0 Å². The molecule has 0 heterocycles. The summed E-state index contributed by atoms with van der Waals surface area (Å²) < 4.78 is 0. The van der Waals surface area contributed by atoms with Crippen LogP contribution >= 0.6 is 0 Å². The Balaban J connectivity index is 2.15. The minimum absolute atomic E-state index is 0.184. The van der Waals surface area contributed by atoms with Gasteiger partial charge in [0.05, 0.1) is 17.6 Å². The highest BCUT2D eigenvalue weighted by atomic mass is 16.3. The zero-order chi connectivity index (χ0) is 16.8. The lowest BCUT2D eigenvalue weighted by Gasteiger charge is -2.50. The third-order valence-corrected chi connectivity index (χ3v) is 6.79. The van der Waals surface area contributed by atoms with Gasteiger partial charge in [-0.05, 0) is 55.1 Å². The summed E-state index contributed by atoms with van der Waals surface area (Å²) in [5, 5.41) is 20.8. The molecular weight excluding hydrogens is 286 g/mol. The van der Waals surface area contributed by atoms with Crippen LogP contribution in [-0.2, 0) is 4.79 Å². The number of rotatable bonds is 2. The summed E-state index contributed by atoms with van der Waals surface area (Å²) in [4.78, 5) is 11.2. The highest BCUT2D eigenvalue weighted by molar-refractivity contribution is 5.73. The highest BCUT2D eigenvalue weighted by Crippen LogP contribution is 2.62. The zero-order valence-electron chi connectivity index (χ0n) is 14.4. The predicted octanol–water partition coefficient (Wildman–Crippen LogP) is 3.94. The summed E-state index contributed by atoms with van der Waals surface area (Å²) in [5.74, 6) is 0.626. The summed E-state index contributed by atoms with van der Waals surface area (Å²) in [5.41, 5.74) is 2.88. The van der Waals surface area contributed by atoms with Crippen molar-refractivity contribution < 1.29 is 9.90 Å². The number of fused-ring (bicyclic) bond motifs is 3. The fourth-order valence-corrected chi connectivity index (χ4v) is 5.19. The Hall–Kier alpha value is -1.40. The first-order chi connectivity index (χ1) is 10.9. The van der Waals surface area contributed by atoms with Crippen molar-refractivity contribution in [2.75, 3.05) is 0 Å². The lowest BCUT2D eigenvalue weighted by Crippen LogP contribution is -2.47. The molecule has 1 fully saturated rings. The Bertz CT molecular complexity index is 624. The fraction of sp³-hybridized carbons (Fsp3) is 0.700. The molecule has 0 bridgehead atoms. The standard InChI is InChI=1S/C20H27NO2/c1-13(2)15-6-7-20(12-21)9-8-19(3)16(18(15)20)5-4-14(11-22)10-17(19)23/h4,11,13,16-17,23H,5-10H2,1-3H3/t16-,17?,19-,20-/m0/s1. The van der Waals surface area contributed by atoms with Crippen LogP contribution in [0.2, 0.25) is 0 Å². The van der Waals surface area contributed by atoms with Gasteiger partial charge in [0.15, 0.2) is 0 Å². The van der Waals surface area contributed by atoms with E-state index in [1.807, 2.05) is 6.08 Å². The van der Waals surface area contributed by atoms with Gasteiger partial charge in [0.1, 0.15) is 6.29 Å². The van der Waals surface area contributed by atoms with Gasteiger partial charge in [-0.25, -0.2) is 0 Å². The van der Waals surface area contributed by atoms with E-state index < -0.39 is 6.10 Å². The van der Waals surface area contributed by atoms with Gasteiger partial charge in [-0.2, -0.15) is 5.26 Å². The van der Waals surface area contributed by atoms with Gasteiger partial charge >= 0.3 is 0 Å². The van der Waals surface area contributed by atoms with E-state index in [0.29, 0.717) is 17.9 Å². The maximum Gasteiger partial charge on any atom is 0.145 e.